The lowest BCUT2D eigenvalue weighted by Gasteiger charge is -2.52. The van der Waals surface area contributed by atoms with Gasteiger partial charge in [0.1, 0.15) is 11.7 Å². The van der Waals surface area contributed by atoms with Crippen LogP contribution in [0.15, 0.2) is 40.7 Å². The Morgan fingerprint density at radius 3 is 2.68 bits per heavy atom. The number of anilines is 1. The minimum Gasteiger partial charge on any atom is -0.379 e. The molecule has 1 aromatic rings. The number of rotatable bonds is 2. The highest BCUT2D eigenvalue weighted by atomic mass is 16.5. The third kappa shape index (κ3) is 2.14. The predicted octanol–water partition coefficient (Wildman–Crippen LogP) is 1.61. The van der Waals surface area contributed by atoms with Crippen molar-refractivity contribution in [3.8, 4) is 0 Å². The fourth-order valence-electron chi connectivity index (χ4n) is 3.92. The van der Waals surface area contributed by atoms with Crippen molar-refractivity contribution >= 4 is 5.69 Å². The number of benzene rings is 1. The topological polar surface area (TPSA) is 43.7 Å². The number of ether oxygens (including phenoxy) is 1. The zero-order valence-corrected chi connectivity index (χ0v) is 13.1. The van der Waals surface area contributed by atoms with Gasteiger partial charge in [-0.1, -0.05) is 23.4 Å². The summed E-state index contributed by atoms with van der Waals surface area (Å²) >= 11 is 0. The molecule has 4 rings (SSSR count). The van der Waals surface area contributed by atoms with Crippen LogP contribution in [-0.4, -0.2) is 67.9 Å². The molecule has 118 valence electrons. The van der Waals surface area contributed by atoms with Crippen molar-refractivity contribution in [2.24, 2.45) is 10.3 Å². The Morgan fingerprint density at radius 2 is 1.91 bits per heavy atom. The average Bonchev–Trinajstić information content (AvgIpc) is 2.96. The predicted molar refractivity (Wildman–Crippen MR) is 84.8 cm³/mol. The van der Waals surface area contributed by atoms with Gasteiger partial charge in [0.2, 0.25) is 0 Å². The fraction of sp³-hybridized carbons (Fsp3) is 0.625. The molecule has 2 saturated heterocycles. The summed E-state index contributed by atoms with van der Waals surface area (Å²) in [7, 11) is 2.17. The molecule has 0 N–H and O–H groups in total. The maximum absolute atomic E-state index is 5.57. The van der Waals surface area contributed by atoms with Crippen LogP contribution in [-0.2, 0) is 4.74 Å². The SMILES string of the molecule is CN1CCC2(N3CCOCC3)C(C1)N=NN2c1ccccc1. The lowest BCUT2D eigenvalue weighted by molar-refractivity contribution is -0.0473. The van der Waals surface area contributed by atoms with Crippen molar-refractivity contribution in [1.29, 1.82) is 0 Å². The minimum atomic E-state index is -0.127. The van der Waals surface area contributed by atoms with Gasteiger partial charge in [0.25, 0.3) is 0 Å². The number of para-hydroxylation sites is 1. The Balaban J connectivity index is 1.72. The van der Waals surface area contributed by atoms with E-state index in [0.717, 1.165) is 51.5 Å². The third-order valence-corrected chi connectivity index (χ3v) is 5.09. The van der Waals surface area contributed by atoms with Crippen LogP contribution in [0.1, 0.15) is 6.42 Å². The largest absolute Gasteiger partial charge is 0.379 e. The van der Waals surface area contributed by atoms with Crippen LogP contribution in [0, 0.1) is 0 Å². The standard InChI is InChI=1S/C16H23N5O/c1-19-8-7-16(20-9-11-22-12-10-20)15(13-19)17-18-21(16)14-5-3-2-4-6-14/h2-6,15H,7-13H2,1H3. The Bertz CT molecular complexity index is 545. The molecule has 0 spiro atoms. The van der Waals surface area contributed by atoms with Crippen molar-refractivity contribution in [2.75, 3.05) is 51.4 Å². The first kappa shape index (κ1) is 14.1. The molecule has 3 heterocycles. The molecule has 22 heavy (non-hydrogen) atoms. The molecule has 2 fully saturated rings. The molecule has 6 nitrogen and oxygen atoms in total. The molecule has 0 aliphatic carbocycles. The second-order valence-electron chi connectivity index (χ2n) is 6.36. The van der Waals surface area contributed by atoms with E-state index in [9.17, 15) is 0 Å². The van der Waals surface area contributed by atoms with Crippen LogP contribution in [0.2, 0.25) is 0 Å². The second kappa shape index (κ2) is 5.61. The van der Waals surface area contributed by atoms with Crippen molar-refractivity contribution in [3.05, 3.63) is 30.3 Å². The molecule has 0 aromatic heterocycles. The number of nitrogens with zero attached hydrogens (tertiary/aromatic N) is 5. The maximum atomic E-state index is 5.57. The van der Waals surface area contributed by atoms with Crippen LogP contribution in [0.5, 0.6) is 0 Å². The maximum Gasteiger partial charge on any atom is 0.144 e. The molecule has 0 radical (unpaired) electrons. The Kier molecular flexibility index (Phi) is 3.60. The van der Waals surface area contributed by atoms with E-state index in [1.807, 2.05) is 6.07 Å². The molecule has 3 aliphatic rings. The number of likely N-dealkylation sites (N-methyl/N-ethyl adjacent to an activating group) is 1. The van der Waals surface area contributed by atoms with Crippen LogP contribution in [0.4, 0.5) is 5.69 Å². The highest BCUT2D eigenvalue weighted by Gasteiger charge is 2.55. The molecule has 2 atom stereocenters. The van der Waals surface area contributed by atoms with E-state index in [-0.39, 0.29) is 11.7 Å². The number of fused-ring (bicyclic) bond motifs is 1. The van der Waals surface area contributed by atoms with Crippen molar-refractivity contribution in [1.82, 2.24) is 9.80 Å². The van der Waals surface area contributed by atoms with Gasteiger partial charge >= 0.3 is 0 Å². The van der Waals surface area contributed by atoms with Gasteiger partial charge in [-0.3, -0.25) is 4.90 Å². The molecule has 2 unspecified atom stereocenters. The van der Waals surface area contributed by atoms with Crippen molar-refractivity contribution in [2.45, 2.75) is 18.1 Å². The molecular weight excluding hydrogens is 278 g/mol. The van der Waals surface area contributed by atoms with Crippen LogP contribution in [0.25, 0.3) is 0 Å². The molecule has 3 aliphatic heterocycles. The highest BCUT2D eigenvalue weighted by Crippen LogP contribution is 2.42. The Hall–Kier alpha value is -1.50. The molecule has 0 saturated carbocycles. The summed E-state index contributed by atoms with van der Waals surface area (Å²) in [5.74, 6) is 0. The van der Waals surface area contributed by atoms with E-state index in [2.05, 4.69) is 56.5 Å². The van der Waals surface area contributed by atoms with E-state index >= 15 is 0 Å². The van der Waals surface area contributed by atoms with Gasteiger partial charge in [-0.2, -0.15) is 5.11 Å². The number of morpholine rings is 1. The van der Waals surface area contributed by atoms with Crippen molar-refractivity contribution < 1.29 is 4.74 Å². The summed E-state index contributed by atoms with van der Waals surface area (Å²) in [4.78, 5) is 4.90. The monoisotopic (exact) mass is 301 g/mol. The van der Waals surface area contributed by atoms with Crippen LogP contribution in [0.3, 0.4) is 0 Å². The first-order chi connectivity index (χ1) is 10.8. The highest BCUT2D eigenvalue weighted by molar-refractivity contribution is 5.49. The van der Waals surface area contributed by atoms with E-state index in [1.54, 1.807) is 0 Å². The first-order valence-electron chi connectivity index (χ1n) is 8.08. The Labute approximate surface area is 131 Å². The number of piperidine rings is 1. The van der Waals surface area contributed by atoms with Gasteiger partial charge in [-0.25, -0.2) is 5.01 Å². The fourth-order valence-corrected chi connectivity index (χ4v) is 3.92. The van der Waals surface area contributed by atoms with E-state index in [0.29, 0.717) is 0 Å². The van der Waals surface area contributed by atoms with Gasteiger partial charge in [0.05, 0.1) is 18.9 Å². The van der Waals surface area contributed by atoms with Crippen molar-refractivity contribution in [3.63, 3.8) is 0 Å². The summed E-state index contributed by atoms with van der Waals surface area (Å²) < 4.78 is 5.57. The number of hydrogen-bond acceptors (Lipinski definition) is 6. The molecule has 0 bridgehead atoms. The summed E-state index contributed by atoms with van der Waals surface area (Å²) in [5.41, 5.74) is 1.00. The van der Waals surface area contributed by atoms with E-state index < -0.39 is 0 Å². The van der Waals surface area contributed by atoms with Gasteiger partial charge in [-0.05, 0) is 19.2 Å². The van der Waals surface area contributed by atoms with E-state index in [1.165, 1.54) is 0 Å². The van der Waals surface area contributed by atoms with Gasteiger partial charge in [0.15, 0.2) is 0 Å². The molecule has 6 heteroatoms. The van der Waals surface area contributed by atoms with Gasteiger partial charge in [-0.15, -0.1) is 0 Å². The third-order valence-electron chi connectivity index (χ3n) is 5.09. The number of hydrogen-bond donors (Lipinski definition) is 0. The summed E-state index contributed by atoms with van der Waals surface area (Å²) in [6.07, 6.45) is 1.05. The van der Waals surface area contributed by atoms with E-state index in [4.69, 9.17) is 4.74 Å². The lowest BCUT2D eigenvalue weighted by Crippen LogP contribution is -2.69. The zero-order chi connectivity index (χ0) is 15.0. The van der Waals surface area contributed by atoms with Gasteiger partial charge < -0.3 is 9.64 Å². The van der Waals surface area contributed by atoms with Crippen LogP contribution >= 0.6 is 0 Å². The molecule has 0 amide bonds. The quantitative estimate of drug-likeness (QED) is 0.832. The Morgan fingerprint density at radius 1 is 1.14 bits per heavy atom. The first-order valence-corrected chi connectivity index (χ1v) is 8.08. The molecular formula is C16H23N5O. The zero-order valence-electron chi connectivity index (χ0n) is 13.1. The normalized spacial score (nSPS) is 33.1. The smallest absolute Gasteiger partial charge is 0.144 e. The minimum absolute atomic E-state index is 0.127. The van der Waals surface area contributed by atoms with Gasteiger partial charge in [0, 0.05) is 32.6 Å². The second-order valence-corrected chi connectivity index (χ2v) is 6.36. The lowest BCUT2D eigenvalue weighted by atomic mass is 9.89. The summed E-state index contributed by atoms with van der Waals surface area (Å²) in [6.45, 7) is 5.54. The average molecular weight is 301 g/mol. The summed E-state index contributed by atoms with van der Waals surface area (Å²) in [6, 6.07) is 10.6. The number of likely N-dealkylation sites (tertiary alicyclic amines) is 1. The van der Waals surface area contributed by atoms with Crippen LogP contribution < -0.4 is 5.01 Å². The molecule has 1 aromatic carbocycles. The summed E-state index contributed by atoms with van der Waals surface area (Å²) in [5, 5.41) is 11.4.